The normalized spacial score (nSPS) is 11.1. The maximum Gasteiger partial charge on any atom is 0.352 e. The first-order valence-corrected chi connectivity index (χ1v) is 6.37. The van der Waals surface area contributed by atoms with Crippen LogP contribution in [0, 0.1) is 6.92 Å². The number of carboxylic acid groups (broad SMARTS) is 1. The molecule has 0 aliphatic heterocycles. The maximum atomic E-state index is 11.3. The molecular formula is C15H15N3O2. The molecule has 0 saturated heterocycles. The summed E-state index contributed by atoms with van der Waals surface area (Å²) in [6.45, 7) is 2.26. The minimum absolute atomic E-state index is 0.319. The van der Waals surface area contributed by atoms with Gasteiger partial charge in [0, 0.05) is 18.6 Å². The first kappa shape index (κ1) is 12.5. The number of benzene rings is 1. The van der Waals surface area contributed by atoms with Gasteiger partial charge in [-0.1, -0.05) is 18.2 Å². The molecule has 0 unspecified atom stereocenters. The van der Waals surface area contributed by atoms with Crippen molar-refractivity contribution in [1.82, 2.24) is 14.3 Å². The molecule has 0 fully saturated rings. The summed E-state index contributed by atoms with van der Waals surface area (Å²) in [6, 6.07) is 9.76. The van der Waals surface area contributed by atoms with Crippen LogP contribution >= 0.6 is 0 Å². The van der Waals surface area contributed by atoms with Crippen molar-refractivity contribution in [3.8, 4) is 0 Å². The highest BCUT2D eigenvalue weighted by Crippen LogP contribution is 2.20. The Kier molecular flexibility index (Phi) is 2.82. The standard InChI is InChI=1S/C15H15N3O2/c1-10-7-8-18(14(10)15(19)20)9-12-11-5-3-4-6-13(11)17(2)16-12/h3-8H,9H2,1-2H3,(H,19,20). The van der Waals surface area contributed by atoms with E-state index in [0.29, 0.717) is 12.2 Å². The number of aromatic carboxylic acids is 1. The molecule has 0 spiro atoms. The minimum Gasteiger partial charge on any atom is -0.477 e. The van der Waals surface area contributed by atoms with Crippen molar-refractivity contribution in [2.75, 3.05) is 0 Å². The lowest BCUT2D eigenvalue weighted by molar-refractivity contribution is 0.0685. The summed E-state index contributed by atoms with van der Waals surface area (Å²) in [5.74, 6) is -0.910. The van der Waals surface area contributed by atoms with Crippen molar-refractivity contribution in [3.63, 3.8) is 0 Å². The fourth-order valence-electron chi connectivity index (χ4n) is 2.57. The van der Waals surface area contributed by atoms with E-state index in [1.165, 1.54) is 0 Å². The van der Waals surface area contributed by atoms with Crippen LogP contribution in [0.25, 0.3) is 10.9 Å². The summed E-state index contributed by atoms with van der Waals surface area (Å²) in [5.41, 5.74) is 3.00. The zero-order valence-electron chi connectivity index (χ0n) is 11.4. The average Bonchev–Trinajstić information content (AvgIpc) is 2.93. The number of aryl methyl sites for hydroxylation is 2. The van der Waals surface area contributed by atoms with E-state index < -0.39 is 5.97 Å². The Hall–Kier alpha value is -2.56. The summed E-state index contributed by atoms with van der Waals surface area (Å²) >= 11 is 0. The lowest BCUT2D eigenvalue weighted by Crippen LogP contribution is -2.10. The average molecular weight is 269 g/mol. The molecule has 0 aliphatic carbocycles. The van der Waals surface area contributed by atoms with E-state index in [1.54, 1.807) is 17.7 Å². The number of carbonyl (C=O) groups is 1. The number of nitrogens with zero attached hydrogens (tertiary/aromatic N) is 3. The Morgan fingerprint density at radius 1 is 1.30 bits per heavy atom. The highest BCUT2D eigenvalue weighted by molar-refractivity contribution is 5.88. The molecule has 1 N–H and O–H groups in total. The van der Waals surface area contributed by atoms with Gasteiger partial charge in [-0.05, 0) is 24.6 Å². The molecule has 2 aromatic heterocycles. The molecule has 3 rings (SSSR count). The quantitative estimate of drug-likeness (QED) is 0.794. The van der Waals surface area contributed by atoms with Gasteiger partial charge in [-0.3, -0.25) is 4.68 Å². The summed E-state index contributed by atoms with van der Waals surface area (Å²) in [5, 5.41) is 14.8. The smallest absolute Gasteiger partial charge is 0.352 e. The number of para-hydroxylation sites is 1. The second-order valence-corrected chi connectivity index (χ2v) is 4.87. The van der Waals surface area contributed by atoms with Crippen molar-refractivity contribution in [2.24, 2.45) is 7.05 Å². The van der Waals surface area contributed by atoms with Gasteiger partial charge in [0.15, 0.2) is 0 Å². The SMILES string of the molecule is Cc1ccn(Cc2nn(C)c3ccccc23)c1C(=O)O. The number of hydrogen-bond donors (Lipinski definition) is 1. The zero-order chi connectivity index (χ0) is 14.3. The Morgan fingerprint density at radius 3 is 2.80 bits per heavy atom. The molecule has 0 amide bonds. The van der Waals surface area contributed by atoms with E-state index in [0.717, 1.165) is 22.2 Å². The van der Waals surface area contributed by atoms with Crippen LogP contribution in [0.5, 0.6) is 0 Å². The van der Waals surface area contributed by atoms with Crippen LogP contribution in [-0.2, 0) is 13.6 Å². The van der Waals surface area contributed by atoms with Gasteiger partial charge in [0.2, 0.25) is 0 Å². The van der Waals surface area contributed by atoms with Gasteiger partial charge in [0.05, 0.1) is 17.8 Å². The molecule has 20 heavy (non-hydrogen) atoms. The van der Waals surface area contributed by atoms with Gasteiger partial charge in [0.1, 0.15) is 5.69 Å². The van der Waals surface area contributed by atoms with Crippen LogP contribution in [0.15, 0.2) is 36.5 Å². The minimum atomic E-state index is -0.910. The third-order valence-corrected chi connectivity index (χ3v) is 3.52. The lowest BCUT2D eigenvalue weighted by Gasteiger charge is -2.05. The molecule has 1 aromatic carbocycles. The number of rotatable bonds is 3. The molecule has 0 atom stereocenters. The zero-order valence-corrected chi connectivity index (χ0v) is 11.4. The number of carboxylic acids is 1. The van der Waals surface area contributed by atoms with Gasteiger partial charge in [-0.25, -0.2) is 4.79 Å². The summed E-state index contributed by atoms with van der Waals surface area (Å²) < 4.78 is 3.55. The van der Waals surface area contributed by atoms with Crippen LogP contribution in [0.2, 0.25) is 0 Å². The molecule has 5 nitrogen and oxygen atoms in total. The number of fused-ring (bicyclic) bond motifs is 1. The predicted molar refractivity (Wildman–Crippen MR) is 75.9 cm³/mol. The number of aromatic nitrogens is 3. The largest absolute Gasteiger partial charge is 0.477 e. The molecule has 2 heterocycles. The first-order valence-electron chi connectivity index (χ1n) is 6.37. The van der Waals surface area contributed by atoms with Crippen LogP contribution < -0.4 is 0 Å². The van der Waals surface area contributed by atoms with E-state index in [9.17, 15) is 9.90 Å². The van der Waals surface area contributed by atoms with Gasteiger partial charge in [-0.2, -0.15) is 5.10 Å². The van der Waals surface area contributed by atoms with Gasteiger partial charge in [-0.15, -0.1) is 0 Å². The maximum absolute atomic E-state index is 11.3. The van der Waals surface area contributed by atoms with Crippen LogP contribution in [0.3, 0.4) is 0 Å². The second kappa shape index (κ2) is 4.52. The molecule has 0 saturated carbocycles. The van der Waals surface area contributed by atoms with Gasteiger partial charge < -0.3 is 9.67 Å². The monoisotopic (exact) mass is 269 g/mol. The predicted octanol–water partition coefficient (Wildman–Crippen LogP) is 2.43. The van der Waals surface area contributed by atoms with E-state index in [-0.39, 0.29) is 0 Å². The van der Waals surface area contributed by atoms with E-state index in [1.807, 2.05) is 42.1 Å². The molecule has 5 heteroatoms. The van der Waals surface area contributed by atoms with Crippen molar-refractivity contribution < 1.29 is 9.90 Å². The molecular weight excluding hydrogens is 254 g/mol. The van der Waals surface area contributed by atoms with Crippen molar-refractivity contribution in [2.45, 2.75) is 13.5 Å². The summed E-state index contributed by atoms with van der Waals surface area (Å²) in [7, 11) is 1.89. The van der Waals surface area contributed by atoms with E-state index >= 15 is 0 Å². The molecule has 0 radical (unpaired) electrons. The number of hydrogen-bond acceptors (Lipinski definition) is 2. The topological polar surface area (TPSA) is 60.0 Å². The Morgan fingerprint density at radius 2 is 2.05 bits per heavy atom. The fraction of sp³-hybridized carbons (Fsp3) is 0.200. The first-order chi connectivity index (χ1) is 9.58. The summed E-state index contributed by atoms with van der Waals surface area (Å²) in [6.07, 6.45) is 1.79. The lowest BCUT2D eigenvalue weighted by atomic mass is 10.2. The van der Waals surface area contributed by atoms with Crippen LogP contribution in [0.4, 0.5) is 0 Å². The molecule has 0 aliphatic rings. The van der Waals surface area contributed by atoms with E-state index in [2.05, 4.69) is 5.10 Å². The Balaban J connectivity index is 2.08. The highest BCUT2D eigenvalue weighted by Gasteiger charge is 2.15. The van der Waals surface area contributed by atoms with Crippen molar-refractivity contribution >= 4 is 16.9 Å². The summed E-state index contributed by atoms with van der Waals surface area (Å²) in [4.78, 5) is 11.3. The van der Waals surface area contributed by atoms with Gasteiger partial charge in [0.25, 0.3) is 0 Å². The molecule has 3 aromatic rings. The van der Waals surface area contributed by atoms with Crippen molar-refractivity contribution in [3.05, 3.63) is 53.5 Å². The third-order valence-electron chi connectivity index (χ3n) is 3.52. The van der Waals surface area contributed by atoms with Crippen LogP contribution in [0.1, 0.15) is 21.7 Å². The highest BCUT2D eigenvalue weighted by atomic mass is 16.4. The Bertz CT molecular complexity index is 799. The third kappa shape index (κ3) is 1.87. The van der Waals surface area contributed by atoms with Gasteiger partial charge >= 0.3 is 5.97 Å². The molecule has 102 valence electrons. The van der Waals surface area contributed by atoms with E-state index in [4.69, 9.17) is 0 Å². The molecule has 0 bridgehead atoms. The van der Waals surface area contributed by atoms with Crippen LogP contribution in [-0.4, -0.2) is 25.4 Å². The van der Waals surface area contributed by atoms with Crippen molar-refractivity contribution in [1.29, 1.82) is 0 Å². The Labute approximate surface area is 116 Å². The second-order valence-electron chi connectivity index (χ2n) is 4.87. The fourth-order valence-corrected chi connectivity index (χ4v) is 2.57.